The summed E-state index contributed by atoms with van der Waals surface area (Å²) >= 11 is 1.86. The van der Waals surface area contributed by atoms with Crippen LogP contribution in [0.3, 0.4) is 0 Å². The Hall–Kier alpha value is -2.32. The summed E-state index contributed by atoms with van der Waals surface area (Å²) in [5, 5.41) is 2.67. The number of hydrogen-bond acceptors (Lipinski definition) is 2. The van der Waals surface area contributed by atoms with Gasteiger partial charge in [-0.1, -0.05) is 51.1 Å². The summed E-state index contributed by atoms with van der Waals surface area (Å²) in [6, 6.07) is 21.8. The molecule has 24 heavy (non-hydrogen) atoms. The van der Waals surface area contributed by atoms with Crippen LogP contribution in [-0.4, -0.2) is 0 Å². The molecule has 0 saturated carbocycles. The molecule has 0 aliphatic carbocycles. The summed E-state index contributed by atoms with van der Waals surface area (Å²) in [6.45, 7) is 6.62. The fourth-order valence-electron chi connectivity index (χ4n) is 3.29. The van der Waals surface area contributed by atoms with Crippen molar-refractivity contribution in [1.82, 2.24) is 0 Å². The average Bonchev–Trinajstić information content (AvgIpc) is 2.92. The van der Waals surface area contributed by atoms with Gasteiger partial charge in [-0.25, -0.2) is 0 Å². The highest BCUT2D eigenvalue weighted by molar-refractivity contribution is 7.25. The van der Waals surface area contributed by atoms with Crippen molar-refractivity contribution >= 4 is 37.2 Å². The normalized spacial score (nSPS) is 12.1. The van der Waals surface area contributed by atoms with Crippen LogP contribution in [0.15, 0.2) is 60.7 Å². The second-order valence-electron chi connectivity index (χ2n) is 7.36. The molecule has 0 bridgehead atoms. The molecule has 0 atom stereocenters. The van der Waals surface area contributed by atoms with Crippen LogP contribution in [0, 0.1) is 0 Å². The Balaban J connectivity index is 1.92. The molecule has 1 aromatic heterocycles. The fraction of sp³-hybridized carbons (Fsp3) is 0.182. The topological polar surface area (TPSA) is 26.0 Å². The Kier molecular flexibility index (Phi) is 3.40. The second kappa shape index (κ2) is 5.35. The first-order chi connectivity index (χ1) is 11.4. The predicted octanol–water partition coefficient (Wildman–Crippen LogP) is 6.60. The molecule has 3 aromatic carbocycles. The lowest BCUT2D eigenvalue weighted by Crippen LogP contribution is -2.13. The van der Waals surface area contributed by atoms with Gasteiger partial charge in [-0.05, 0) is 52.4 Å². The lowest BCUT2D eigenvalue weighted by Gasteiger charge is -2.22. The minimum absolute atomic E-state index is 0.0409. The monoisotopic (exact) mass is 331 g/mol. The van der Waals surface area contributed by atoms with E-state index in [9.17, 15) is 0 Å². The number of thiophene rings is 1. The van der Waals surface area contributed by atoms with Gasteiger partial charge in [0.1, 0.15) is 0 Å². The van der Waals surface area contributed by atoms with E-state index in [0.717, 1.165) is 5.69 Å². The standard InChI is InChI=1S/C22H21NS/c1-22(2,3)18-13-15(8-10-19(18)23)14-9-11-21-17(12-14)16-6-4-5-7-20(16)24-21/h4-13H,23H2,1-3H3. The molecule has 0 amide bonds. The summed E-state index contributed by atoms with van der Waals surface area (Å²) in [4.78, 5) is 0. The molecule has 4 aromatic rings. The van der Waals surface area contributed by atoms with Gasteiger partial charge in [-0.3, -0.25) is 0 Å². The van der Waals surface area contributed by atoms with Crippen molar-refractivity contribution in [3.63, 3.8) is 0 Å². The van der Waals surface area contributed by atoms with Gasteiger partial charge in [-0.15, -0.1) is 11.3 Å². The Morgan fingerprint density at radius 3 is 2.21 bits per heavy atom. The highest BCUT2D eigenvalue weighted by Gasteiger charge is 2.17. The summed E-state index contributed by atoms with van der Waals surface area (Å²) in [5.74, 6) is 0. The first-order valence-corrected chi connectivity index (χ1v) is 9.07. The number of fused-ring (bicyclic) bond motifs is 3. The van der Waals surface area contributed by atoms with Gasteiger partial charge in [0.15, 0.2) is 0 Å². The maximum atomic E-state index is 6.20. The number of rotatable bonds is 1. The molecule has 0 aliphatic rings. The third-order valence-corrected chi connectivity index (χ3v) is 5.72. The number of benzene rings is 3. The van der Waals surface area contributed by atoms with E-state index < -0.39 is 0 Å². The predicted molar refractivity (Wildman–Crippen MR) is 108 cm³/mol. The summed E-state index contributed by atoms with van der Waals surface area (Å²) in [7, 11) is 0. The average molecular weight is 331 g/mol. The third-order valence-electron chi connectivity index (χ3n) is 4.57. The van der Waals surface area contributed by atoms with Crippen molar-refractivity contribution < 1.29 is 0 Å². The first-order valence-electron chi connectivity index (χ1n) is 8.25. The minimum atomic E-state index is 0.0409. The van der Waals surface area contributed by atoms with E-state index in [1.807, 2.05) is 17.4 Å². The fourth-order valence-corrected chi connectivity index (χ4v) is 4.38. The van der Waals surface area contributed by atoms with Crippen molar-refractivity contribution in [1.29, 1.82) is 0 Å². The summed E-state index contributed by atoms with van der Waals surface area (Å²) in [5.41, 5.74) is 10.8. The van der Waals surface area contributed by atoms with E-state index in [1.165, 1.54) is 36.9 Å². The van der Waals surface area contributed by atoms with Crippen LogP contribution < -0.4 is 5.73 Å². The van der Waals surface area contributed by atoms with E-state index >= 15 is 0 Å². The first kappa shape index (κ1) is 15.2. The molecule has 0 aliphatic heterocycles. The summed E-state index contributed by atoms with van der Waals surface area (Å²) < 4.78 is 2.68. The molecule has 4 rings (SSSR count). The van der Waals surface area contributed by atoms with Gasteiger partial charge < -0.3 is 5.73 Å². The Morgan fingerprint density at radius 1 is 0.750 bits per heavy atom. The van der Waals surface area contributed by atoms with Crippen LogP contribution in [0.25, 0.3) is 31.3 Å². The molecule has 0 unspecified atom stereocenters. The number of nitrogen functional groups attached to an aromatic ring is 1. The maximum absolute atomic E-state index is 6.20. The second-order valence-corrected chi connectivity index (χ2v) is 8.44. The van der Waals surface area contributed by atoms with Crippen LogP contribution in [0.5, 0.6) is 0 Å². The van der Waals surface area contributed by atoms with E-state index in [0.29, 0.717) is 0 Å². The Morgan fingerprint density at radius 2 is 1.42 bits per heavy atom. The molecule has 0 radical (unpaired) electrons. The van der Waals surface area contributed by atoms with Gasteiger partial charge in [-0.2, -0.15) is 0 Å². The van der Waals surface area contributed by atoms with Crippen molar-refractivity contribution in [2.75, 3.05) is 5.73 Å². The van der Waals surface area contributed by atoms with Crippen molar-refractivity contribution in [2.24, 2.45) is 0 Å². The lowest BCUT2D eigenvalue weighted by atomic mass is 9.84. The zero-order valence-electron chi connectivity index (χ0n) is 14.3. The van der Waals surface area contributed by atoms with Crippen LogP contribution in [0.1, 0.15) is 26.3 Å². The molecule has 0 saturated heterocycles. The van der Waals surface area contributed by atoms with Crippen LogP contribution in [0.4, 0.5) is 5.69 Å². The molecular formula is C22H21NS. The molecular weight excluding hydrogens is 310 g/mol. The van der Waals surface area contributed by atoms with E-state index in [1.54, 1.807) is 0 Å². The summed E-state index contributed by atoms with van der Waals surface area (Å²) in [6.07, 6.45) is 0. The third kappa shape index (κ3) is 2.47. The van der Waals surface area contributed by atoms with E-state index in [2.05, 4.69) is 75.4 Å². The molecule has 0 fully saturated rings. The van der Waals surface area contributed by atoms with Crippen LogP contribution in [-0.2, 0) is 5.41 Å². The number of hydrogen-bond donors (Lipinski definition) is 1. The van der Waals surface area contributed by atoms with Gasteiger partial charge in [0.05, 0.1) is 0 Å². The molecule has 1 nitrogen and oxygen atoms in total. The molecule has 0 spiro atoms. The highest BCUT2D eigenvalue weighted by atomic mass is 32.1. The van der Waals surface area contributed by atoms with Gasteiger partial charge in [0, 0.05) is 25.9 Å². The SMILES string of the molecule is CC(C)(C)c1cc(-c2ccc3sc4ccccc4c3c2)ccc1N. The van der Waals surface area contributed by atoms with Crippen LogP contribution >= 0.6 is 11.3 Å². The largest absolute Gasteiger partial charge is 0.398 e. The quantitative estimate of drug-likeness (QED) is 0.391. The molecule has 1 heterocycles. The maximum Gasteiger partial charge on any atom is 0.0355 e. The number of nitrogens with two attached hydrogens (primary N) is 1. The Bertz CT molecular complexity index is 1050. The zero-order chi connectivity index (χ0) is 16.9. The highest BCUT2D eigenvalue weighted by Crippen LogP contribution is 2.37. The lowest BCUT2D eigenvalue weighted by molar-refractivity contribution is 0.593. The van der Waals surface area contributed by atoms with Gasteiger partial charge >= 0.3 is 0 Å². The van der Waals surface area contributed by atoms with E-state index in [4.69, 9.17) is 5.73 Å². The smallest absolute Gasteiger partial charge is 0.0355 e. The Labute approximate surface area is 146 Å². The molecule has 2 heteroatoms. The number of anilines is 1. The minimum Gasteiger partial charge on any atom is -0.398 e. The van der Waals surface area contributed by atoms with Crippen molar-refractivity contribution in [2.45, 2.75) is 26.2 Å². The van der Waals surface area contributed by atoms with Gasteiger partial charge in [0.2, 0.25) is 0 Å². The molecule has 2 N–H and O–H groups in total. The van der Waals surface area contributed by atoms with Crippen LogP contribution in [0.2, 0.25) is 0 Å². The van der Waals surface area contributed by atoms with Gasteiger partial charge in [0.25, 0.3) is 0 Å². The van der Waals surface area contributed by atoms with Crippen molar-refractivity contribution in [3.05, 3.63) is 66.2 Å². The van der Waals surface area contributed by atoms with Crippen molar-refractivity contribution in [3.8, 4) is 11.1 Å². The van der Waals surface area contributed by atoms with E-state index in [-0.39, 0.29) is 5.41 Å². The molecule has 120 valence electrons. The zero-order valence-corrected chi connectivity index (χ0v) is 15.1.